The second-order valence-corrected chi connectivity index (χ2v) is 13.5. The van der Waals surface area contributed by atoms with Gasteiger partial charge in [0.2, 0.25) is 0 Å². The van der Waals surface area contributed by atoms with Crippen LogP contribution in [0.1, 0.15) is 27.8 Å². The van der Waals surface area contributed by atoms with Crippen LogP contribution in [-0.4, -0.2) is 15.0 Å². The molecule has 3 aromatic heterocycles. The van der Waals surface area contributed by atoms with Crippen LogP contribution < -0.4 is 0 Å². The number of rotatable bonds is 11. The fraction of sp³-hybridized carbons (Fsp3) is 0.100. The number of nitrogens with zero attached hydrogens (tertiary/aromatic N) is 3. The minimum absolute atomic E-state index is 0. The molecule has 0 aliphatic carbocycles. The Morgan fingerprint density at radius 2 is 0.926 bits per heavy atom. The van der Waals surface area contributed by atoms with Crippen LogP contribution in [0.3, 0.4) is 0 Å². The molecular formula is C50H38IrN3. The van der Waals surface area contributed by atoms with Crippen molar-refractivity contribution in [3.8, 4) is 56.0 Å². The summed E-state index contributed by atoms with van der Waals surface area (Å²) in [6.07, 6.45) is 9.62. The molecule has 0 amide bonds. The number of hydrogen-bond acceptors (Lipinski definition) is 3. The molecule has 0 atom stereocenters. The third-order valence-corrected chi connectivity index (χ3v) is 9.63. The van der Waals surface area contributed by atoms with Gasteiger partial charge in [0, 0.05) is 18.6 Å². The topological polar surface area (TPSA) is 38.7 Å². The normalized spacial score (nSPS) is 10.8. The fourth-order valence-corrected chi connectivity index (χ4v) is 6.71. The van der Waals surface area contributed by atoms with Crippen molar-refractivity contribution in [2.24, 2.45) is 0 Å². The summed E-state index contributed by atoms with van der Waals surface area (Å²) in [5, 5.41) is 0. The van der Waals surface area contributed by atoms with Gasteiger partial charge in [0.1, 0.15) is 0 Å². The van der Waals surface area contributed by atoms with E-state index in [9.17, 15) is 0 Å². The first-order valence-corrected chi connectivity index (χ1v) is 18.2. The van der Waals surface area contributed by atoms with E-state index in [0.29, 0.717) is 0 Å². The quantitative estimate of drug-likeness (QED) is 0.122. The third kappa shape index (κ3) is 8.86. The van der Waals surface area contributed by atoms with Crippen LogP contribution in [0, 0.1) is 25.1 Å². The second-order valence-electron chi connectivity index (χ2n) is 13.5. The van der Waals surface area contributed by atoms with Crippen LogP contribution in [0.15, 0.2) is 164 Å². The zero-order valence-corrected chi connectivity index (χ0v) is 32.5. The summed E-state index contributed by atoms with van der Waals surface area (Å²) >= 11 is 0. The summed E-state index contributed by atoms with van der Waals surface area (Å²) in [5.74, 6) is 0. The largest absolute Gasteiger partial charge is 3.00 e. The number of pyridine rings is 3. The molecule has 0 aliphatic rings. The average Bonchev–Trinajstić information content (AvgIpc) is 3.23. The number of aryl methyl sites for hydroxylation is 5. The van der Waals surface area contributed by atoms with Gasteiger partial charge in [-0.1, -0.05) is 85.8 Å². The molecule has 0 fully saturated rings. The van der Waals surface area contributed by atoms with Gasteiger partial charge in [0.25, 0.3) is 0 Å². The molecular weight excluding hydrogens is 835 g/mol. The molecule has 54 heavy (non-hydrogen) atoms. The Hall–Kier alpha value is -5.80. The zero-order valence-electron chi connectivity index (χ0n) is 30.1. The van der Waals surface area contributed by atoms with Crippen LogP contribution in [0.5, 0.6) is 0 Å². The van der Waals surface area contributed by atoms with Crippen molar-refractivity contribution in [2.45, 2.75) is 32.6 Å². The van der Waals surface area contributed by atoms with Crippen LogP contribution >= 0.6 is 0 Å². The minimum Gasteiger partial charge on any atom is -0.304 e. The van der Waals surface area contributed by atoms with Crippen LogP contribution in [0.25, 0.3) is 56.0 Å². The summed E-state index contributed by atoms with van der Waals surface area (Å²) in [4.78, 5) is 14.4. The Morgan fingerprint density at radius 3 is 1.39 bits per heavy atom. The van der Waals surface area contributed by atoms with E-state index in [-0.39, 0.29) is 20.1 Å². The molecule has 0 bridgehead atoms. The van der Waals surface area contributed by atoms with Crippen LogP contribution in [0.2, 0.25) is 0 Å². The smallest absolute Gasteiger partial charge is 0.304 e. The van der Waals surface area contributed by atoms with E-state index in [4.69, 9.17) is 15.0 Å². The third-order valence-electron chi connectivity index (χ3n) is 9.63. The maximum absolute atomic E-state index is 4.85. The van der Waals surface area contributed by atoms with Crippen molar-refractivity contribution in [3.63, 3.8) is 0 Å². The maximum atomic E-state index is 4.85. The summed E-state index contributed by atoms with van der Waals surface area (Å²) in [7, 11) is 0. The van der Waals surface area contributed by atoms with Crippen molar-refractivity contribution >= 4 is 0 Å². The van der Waals surface area contributed by atoms with Crippen molar-refractivity contribution in [2.75, 3.05) is 0 Å². The molecule has 0 N–H and O–H groups in total. The van der Waals surface area contributed by atoms with Gasteiger partial charge in [-0.25, -0.2) is 0 Å². The Kier molecular flexibility index (Phi) is 11.7. The Balaban J connectivity index is 0.00000450. The zero-order chi connectivity index (χ0) is 35.8. The molecule has 0 saturated carbocycles. The molecule has 3 nitrogen and oxygen atoms in total. The van der Waals surface area contributed by atoms with Gasteiger partial charge in [-0.3, -0.25) is 0 Å². The fourth-order valence-electron chi connectivity index (χ4n) is 6.71. The van der Waals surface area contributed by atoms with Crippen molar-refractivity contribution < 1.29 is 20.1 Å². The van der Waals surface area contributed by atoms with Gasteiger partial charge in [-0.15, -0.1) is 107 Å². The van der Waals surface area contributed by atoms with E-state index in [1.165, 1.54) is 38.9 Å². The minimum atomic E-state index is 0. The van der Waals surface area contributed by atoms with Crippen molar-refractivity contribution in [1.82, 2.24) is 15.0 Å². The molecule has 0 aliphatic heterocycles. The molecule has 8 rings (SSSR count). The monoisotopic (exact) mass is 873 g/mol. The van der Waals surface area contributed by atoms with E-state index >= 15 is 0 Å². The molecule has 0 unspecified atom stereocenters. The maximum Gasteiger partial charge on any atom is 3.00 e. The van der Waals surface area contributed by atoms with E-state index < -0.39 is 0 Å². The van der Waals surface area contributed by atoms with Crippen molar-refractivity contribution in [1.29, 1.82) is 0 Å². The number of hydrogen-bond donors (Lipinski definition) is 0. The molecule has 8 aromatic rings. The molecule has 0 spiro atoms. The number of benzene rings is 5. The predicted molar refractivity (Wildman–Crippen MR) is 216 cm³/mol. The summed E-state index contributed by atoms with van der Waals surface area (Å²) < 4.78 is 0. The second kappa shape index (κ2) is 17.4. The van der Waals surface area contributed by atoms with Gasteiger partial charge >= 0.3 is 20.1 Å². The standard InChI is InChI=1S/C50H38N3.Ir/c1-36-16-24-43(25-17-36)50-29-26-44(35-53-50)46-14-8-9-15-47(46)45-31-39(20-18-37-22-27-48(51-33-37)41-10-4-2-5-11-41)30-40(32-45)21-19-38-23-28-49(52-34-38)42-12-6-3-7-13-42;/h2-10,12,14-17,22-24,26-35H,18-21H2,1H3;/q-3;+3. The molecule has 3 heterocycles. The van der Waals surface area contributed by atoms with Gasteiger partial charge in [-0.2, -0.15) is 0 Å². The molecule has 0 saturated heterocycles. The van der Waals surface area contributed by atoms with Crippen LogP contribution in [-0.2, 0) is 45.8 Å². The molecule has 5 aromatic carbocycles. The molecule has 4 heteroatoms. The van der Waals surface area contributed by atoms with Crippen LogP contribution in [0.4, 0.5) is 0 Å². The summed E-state index contributed by atoms with van der Waals surface area (Å²) in [6.45, 7) is 2.08. The van der Waals surface area contributed by atoms with E-state index in [1.807, 2.05) is 73.2 Å². The molecule has 262 valence electrons. The van der Waals surface area contributed by atoms with E-state index in [1.54, 1.807) is 0 Å². The first-order chi connectivity index (χ1) is 26.1. The van der Waals surface area contributed by atoms with Gasteiger partial charge in [0.15, 0.2) is 0 Å². The van der Waals surface area contributed by atoms with Gasteiger partial charge < -0.3 is 15.0 Å². The van der Waals surface area contributed by atoms with Gasteiger partial charge in [-0.05, 0) is 87.3 Å². The average molecular weight is 873 g/mol. The molecule has 0 radical (unpaired) electrons. The number of aromatic nitrogens is 3. The summed E-state index contributed by atoms with van der Waals surface area (Å²) in [6, 6.07) is 60.7. The first-order valence-electron chi connectivity index (χ1n) is 18.2. The Labute approximate surface area is 332 Å². The predicted octanol–water partition coefficient (Wildman–Crippen LogP) is 11.5. The Morgan fingerprint density at radius 1 is 0.426 bits per heavy atom. The van der Waals surface area contributed by atoms with Gasteiger partial charge in [0.05, 0.1) is 0 Å². The van der Waals surface area contributed by atoms with E-state index in [0.717, 1.165) is 70.6 Å². The SMILES string of the molecule is Cc1c[c-]c(-c2ccc(-c3ccccc3-c3cc(CCc4ccc(-c5[c-]cccc5)nc4)cc(CCc4ccc(-c5[c-]cccc5)nc4)c3)cn2)cc1.[Ir+3]. The van der Waals surface area contributed by atoms with E-state index in [2.05, 4.69) is 116 Å². The first kappa shape index (κ1) is 36.6. The summed E-state index contributed by atoms with van der Waals surface area (Å²) in [5.41, 5.74) is 16.7. The Bertz CT molecular complexity index is 2300. The van der Waals surface area contributed by atoms with Crippen molar-refractivity contribution in [3.05, 3.63) is 210 Å².